The van der Waals surface area contributed by atoms with Gasteiger partial charge in [-0.05, 0) is 49.6 Å². The number of benzene rings is 2. The quantitative estimate of drug-likeness (QED) is 0.415. The summed E-state index contributed by atoms with van der Waals surface area (Å²) in [6.07, 6.45) is 5.70. The molecule has 1 amide bonds. The molecule has 2 aliphatic heterocycles. The van der Waals surface area contributed by atoms with Crippen LogP contribution in [0.1, 0.15) is 61.8 Å². The molecule has 2 atom stereocenters. The maximum Gasteiger partial charge on any atom is 0.295 e. The van der Waals surface area contributed by atoms with E-state index in [4.69, 9.17) is 9.47 Å². The first-order valence-corrected chi connectivity index (χ1v) is 11.7. The molecule has 0 radical (unpaired) electrons. The summed E-state index contributed by atoms with van der Waals surface area (Å²) >= 11 is 0. The summed E-state index contributed by atoms with van der Waals surface area (Å²) < 4.78 is 11.4. The Bertz CT molecular complexity index is 1130. The normalized spacial score (nSPS) is 24.6. The van der Waals surface area contributed by atoms with Crippen LogP contribution in [0.15, 0.2) is 48.0 Å². The summed E-state index contributed by atoms with van der Waals surface area (Å²) in [5.74, 6) is 0.0526. The molecule has 6 heteroatoms. The summed E-state index contributed by atoms with van der Waals surface area (Å²) in [5, 5.41) is 11.4. The zero-order valence-corrected chi connectivity index (χ0v) is 19.0. The van der Waals surface area contributed by atoms with Crippen molar-refractivity contribution in [2.24, 2.45) is 0 Å². The van der Waals surface area contributed by atoms with Crippen LogP contribution in [0.25, 0.3) is 5.76 Å². The summed E-state index contributed by atoms with van der Waals surface area (Å²) in [5.41, 5.74) is 2.35. The van der Waals surface area contributed by atoms with Crippen LogP contribution in [0.4, 0.5) is 0 Å². The molecular formula is C27H29NO5. The first-order valence-electron chi connectivity index (χ1n) is 11.7. The molecular weight excluding hydrogens is 418 g/mol. The van der Waals surface area contributed by atoms with Crippen molar-refractivity contribution in [1.29, 1.82) is 0 Å². The van der Waals surface area contributed by atoms with Gasteiger partial charge < -0.3 is 19.5 Å². The van der Waals surface area contributed by atoms with Gasteiger partial charge in [-0.2, -0.15) is 0 Å². The number of carbonyl (C=O) groups is 2. The average molecular weight is 448 g/mol. The minimum atomic E-state index is -0.687. The van der Waals surface area contributed by atoms with Gasteiger partial charge in [-0.15, -0.1) is 0 Å². The lowest BCUT2D eigenvalue weighted by Gasteiger charge is -2.35. The Morgan fingerprint density at radius 1 is 1.09 bits per heavy atom. The number of methoxy groups -OCH3 is 1. The first-order chi connectivity index (χ1) is 16.0. The smallest absolute Gasteiger partial charge is 0.295 e. The van der Waals surface area contributed by atoms with Gasteiger partial charge in [0.25, 0.3) is 11.7 Å². The van der Waals surface area contributed by atoms with Crippen LogP contribution in [0.2, 0.25) is 0 Å². The minimum Gasteiger partial charge on any atom is -0.507 e. The molecule has 0 aromatic heterocycles. The van der Waals surface area contributed by atoms with Gasteiger partial charge in [0, 0.05) is 23.6 Å². The van der Waals surface area contributed by atoms with Crippen LogP contribution in [0.5, 0.6) is 11.5 Å². The van der Waals surface area contributed by atoms with E-state index in [2.05, 4.69) is 0 Å². The lowest BCUT2D eigenvalue weighted by molar-refractivity contribution is -0.141. The number of ketones is 1. The summed E-state index contributed by atoms with van der Waals surface area (Å²) in [6.45, 7) is 2.00. The number of hydrogen-bond donors (Lipinski definition) is 1. The van der Waals surface area contributed by atoms with Gasteiger partial charge in [0.1, 0.15) is 23.4 Å². The molecule has 6 nitrogen and oxygen atoms in total. The third kappa shape index (κ3) is 3.67. The fraction of sp³-hybridized carbons (Fsp3) is 0.407. The molecule has 3 aliphatic rings. The van der Waals surface area contributed by atoms with Crippen LogP contribution < -0.4 is 9.47 Å². The molecule has 2 aromatic carbocycles. The number of likely N-dealkylation sites (tertiary alicyclic amines) is 1. The zero-order valence-electron chi connectivity index (χ0n) is 19.0. The molecule has 1 aliphatic carbocycles. The highest BCUT2D eigenvalue weighted by Gasteiger charge is 2.49. The van der Waals surface area contributed by atoms with E-state index in [1.165, 1.54) is 0 Å². The Kier molecular flexibility index (Phi) is 5.60. The fourth-order valence-electron chi connectivity index (χ4n) is 5.51. The number of Topliss-reactive ketones (excluding diaryl/α,β-unsaturated/α-hetero) is 1. The highest BCUT2D eigenvalue weighted by Crippen LogP contribution is 2.46. The molecule has 2 aromatic rings. The van der Waals surface area contributed by atoms with Gasteiger partial charge in [0.05, 0.1) is 18.7 Å². The van der Waals surface area contributed by atoms with E-state index in [1.807, 2.05) is 43.3 Å². The van der Waals surface area contributed by atoms with E-state index < -0.39 is 17.7 Å². The monoisotopic (exact) mass is 447 g/mol. The summed E-state index contributed by atoms with van der Waals surface area (Å²) in [4.78, 5) is 28.4. The van der Waals surface area contributed by atoms with Gasteiger partial charge in [0.2, 0.25) is 0 Å². The molecule has 0 spiro atoms. The second-order valence-electron chi connectivity index (χ2n) is 9.20. The highest BCUT2D eigenvalue weighted by molar-refractivity contribution is 6.46. The number of amides is 1. The van der Waals surface area contributed by atoms with Crippen LogP contribution in [-0.2, 0) is 16.0 Å². The van der Waals surface area contributed by atoms with Crippen molar-refractivity contribution in [1.82, 2.24) is 4.90 Å². The molecule has 1 saturated carbocycles. The number of ether oxygens (including phenoxy) is 2. The Morgan fingerprint density at radius 3 is 2.61 bits per heavy atom. The fourth-order valence-corrected chi connectivity index (χ4v) is 5.51. The Labute approximate surface area is 193 Å². The van der Waals surface area contributed by atoms with Crippen LogP contribution in [0.3, 0.4) is 0 Å². The van der Waals surface area contributed by atoms with Gasteiger partial charge >= 0.3 is 0 Å². The molecule has 2 unspecified atom stereocenters. The second-order valence-corrected chi connectivity index (χ2v) is 9.20. The Balaban J connectivity index is 1.66. The van der Waals surface area contributed by atoms with Crippen LogP contribution in [0, 0.1) is 0 Å². The van der Waals surface area contributed by atoms with Gasteiger partial charge in [0.15, 0.2) is 0 Å². The average Bonchev–Trinajstić information content (AvgIpc) is 3.34. The standard InChI is InChI=1S/C27H29NO5/c1-16-14-18-15-17(12-13-21(18)33-16)25(29)23-24(20-10-6-7-11-22(20)32-2)28(27(31)26(23)30)19-8-4-3-5-9-19/h6-7,10-13,15-16,19,24,29H,3-5,8-9,14H2,1-2H3/b25-23+. The Hall–Kier alpha value is -3.28. The Morgan fingerprint density at radius 2 is 1.85 bits per heavy atom. The molecule has 172 valence electrons. The lowest BCUT2D eigenvalue weighted by Crippen LogP contribution is -2.40. The minimum absolute atomic E-state index is 0.0373. The van der Waals surface area contributed by atoms with E-state index in [-0.39, 0.29) is 23.5 Å². The number of aliphatic hydroxyl groups is 1. The number of nitrogens with zero attached hydrogens (tertiary/aromatic N) is 1. The predicted molar refractivity (Wildman–Crippen MR) is 124 cm³/mol. The van der Waals surface area contributed by atoms with Crippen molar-refractivity contribution in [3.05, 3.63) is 64.7 Å². The third-order valence-corrected chi connectivity index (χ3v) is 7.05. The number of rotatable bonds is 4. The van der Waals surface area contributed by atoms with Crippen molar-refractivity contribution in [2.45, 2.75) is 63.6 Å². The van der Waals surface area contributed by atoms with E-state index in [0.717, 1.165) is 49.8 Å². The van der Waals surface area contributed by atoms with E-state index in [9.17, 15) is 14.7 Å². The van der Waals surface area contributed by atoms with E-state index >= 15 is 0 Å². The molecule has 2 fully saturated rings. The van der Waals surface area contributed by atoms with Crippen LogP contribution >= 0.6 is 0 Å². The van der Waals surface area contributed by atoms with E-state index in [0.29, 0.717) is 16.9 Å². The summed E-state index contributed by atoms with van der Waals surface area (Å²) in [7, 11) is 1.58. The van der Waals surface area contributed by atoms with Crippen molar-refractivity contribution < 1.29 is 24.2 Å². The lowest BCUT2D eigenvalue weighted by atomic mass is 9.90. The van der Waals surface area contributed by atoms with Crippen LogP contribution in [-0.4, -0.2) is 41.0 Å². The first kappa shape index (κ1) is 21.6. The summed E-state index contributed by atoms with van der Waals surface area (Å²) in [6, 6.07) is 12.1. The van der Waals surface area contributed by atoms with Crippen molar-refractivity contribution in [3.63, 3.8) is 0 Å². The number of aliphatic hydroxyl groups excluding tert-OH is 1. The topological polar surface area (TPSA) is 76.1 Å². The molecule has 1 saturated heterocycles. The van der Waals surface area contributed by atoms with Gasteiger partial charge in [-0.1, -0.05) is 37.5 Å². The zero-order chi connectivity index (χ0) is 23.1. The van der Waals surface area contributed by atoms with E-state index in [1.54, 1.807) is 18.1 Å². The van der Waals surface area contributed by atoms with Crippen molar-refractivity contribution in [2.75, 3.05) is 7.11 Å². The molecule has 1 N–H and O–H groups in total. The van der Waals surface area contributed by atoms with Crippen molar-refractivity contribution >= 4 is 17.4 Å². The number of carbonyl (C=O) groups excluding carboxylic acids is 2. The predicted octanol–water partition coefficient (Wildman–Crippen LogP) is 4.77. The molecule has 33 heavy (non-hydrogen) atoms. The SMILES string of the molecule is COc1ccccc1C1/C(=C(\O)c2ccc3c(c2)CC(C)O3)C(=O)C(=O)N1C1CCCCC1. The van der Waals surface area contributed by atoms with Gasteiger partial charge in [-0.3, -0.25) is 9.59 Å². The number of fused-ring (bicyclic) bond motifs is 1. The maximum absolute atomic E-state index is 13.4. The van der Waals surface area contributed by atoms with Gasteiger partial charge in [-0.25, -0.2) is 0 Å². The largest absolute Gasteiger partial charge is 0.507 e. The third-order valence-electron chi connectivity index (χ3n) is 7.05. The highest BCUT2D eigenvalue weighted by atomic mass is 16.5. The number of hydrogen-bond acceptors (Lipinski definition) is 5. The van der Waals surface area contributed by atoms with Crippen molar-refractivity contribution in [3.8, 4) is 11.5 Å². The molecule has 5 rings (SSSR count). The molecule has 0 bridgehead atoms. The second kappa shape index (κ2) is 8.58. The molecule has 2 heterocycles. The number of para-hydroxylation sites is 1. The maximum atomic E-state index is 13.4.